The van der Waals surface area contributed by atoms with Gasteiger partial charge in [-0.25, -0.2) is 22.3 Å². The molecule has 3 rings (SSSR count). The molecule has 156 valence electrons. The molecule has 1 unspecified atom stereocenters. The molecule has 0 radical (unpaired) electrons. The van der Waals surface area contributed by atoms with Gasteiger partial charge >= 0.3 is 0 Å². The lowest BCUT2D eigenvalue weighted by Gasteiger charge is -2.39. The van der Waals surface area contributed by atoms with E-state index in [0.29, 0.717) is 37.4 Å². The fourth-order valence-corrected chi connectivity index (χ4v) is 3.99. The molecule has 2 aromatic carbocycles. The van der Waals surface area contributed by atoms with Gasteiger partial charge in [-0.05, 0) is 19.1 Å². The number of rotatable bonds is 5. The highest BCUT2D eigenvalue weighted by Crippen LogP contribution is 2.29. The van der Waals surface area contributed by atoms with Crippen molar-refractivity contribution in [3.05, 3.63) is 63.7 Å². The number of nitrogens with two attached hydrogens (primary N) is 1. The van der Waals surface area contributed by atoms with Crippen molar-refractivity contribution in [2.75, 3.05) is 31.1 Å². The van der Waals surface area contributed by atoms with Crippen LogP contribution < -0.4 is 10.0 Å². The van der Waals surface area contributed by atoms with E-state index in [4.69, 9.17) is 5.14 Å². The third-order valence-electron chi connectivity index (χ3n) is 5.06. The zero-order valence-electron chi connectivity index (χ0n) is 15.6. The Bertz CT molecular complexity index is 1040. The number of nitro groups is 1. The van der Waals surface area contributed by atoms with E-state index in [-0.39, 0.29) is 16.6 Å². The van der Waals surface area contributed by atoms with Gasteiger partial charge in [0.15, 0.2) is 0 Å². The summed E-state index contributed by atoms with van der Waals surface area (Å²) in [5.41, 5.74) is 0.394. The molecule has 0 spiro atoms. The van der Waals surface area contributed by atoms with Gasteiger partial charge in [0.1, 0.15) is 11.6 Å². The van der Waals surface area contributed by atoms with Gasteiger partial charge in [0.2, 0.25) is 10.0 Å². The van der Waals surface area contributed by atoms with Crippen LogP contribution in [0.15, 0.2) is 41.3 Å². The Morgan fingerprint density at radius 3 is 2.31 bits per heavy atom. The van der Waals surface area contributed by atoms with Crippen molar-refractivity contribution in [3.63, 3.8) is 0 Å². The van der Waals surface area contributed by atoms with Gasteiger partial charge < -0.3 is 4.90 Å². The van der Waals surface area contributed by atoms with E-state index in [1.807, 2.05) is 16.7 Å². The minimum Gasteiger partial charge on any atom is -0.369 e. The van der Waals surface area contributed by atoms with Crippen LogP contribution in [0.4, 0.5) is 20.2 Å². The van der Waals surface area contributed by atoms with Crippen molar-refractivity contribution >= 4 is 21.4 Å². The SMILES string of the molecule is CC(c1ccc(F)cc1F)N1CCN(c2cc([N+](=O)[O-])cc(S(N)(=O)=O)c2)CC1. The number of sulfonamides is 1. The summed E-state index contributed by atoms with van der Waals surface area (Å²) in [6.45, 7) is 3.71. The predicted molar refractivity (Wildman–Crippen MR) is 103 cm³/mol. The summed E-state index contributed by atoms with van der Waals surface area (Å²) < 4.78 is 50.5. The smallest absolute Gasteiger partial charge is 0.272 e. The molecule has 1 aliphatic heterocycles. The zero-order chi connectivity index (χ0) is 21.3. The van der Waals surface area contributed by atoms with Crippen molar-refractivity contribution in [2.24, 2.45) is 5.14 Å². The lowest BCUT2D eigenvalue weighted by atomic mass is 10.0. The van der Waals surface area contributed by atoms with Gasteiger partial charge in [-0.1, -0.05) is 6.07 Å². The number of anilines is 1. The Kier molecular flexibility index (Phi) is 5.82. The lowest BCUT2D eigenvalue weighted by molar-refractivity contribution is -0.385. The highest BCUT2D eigenvalue weighted by atomic mass is 32.2. The molecule has 0 amide bonds. The van der Waals surface area contributed by atoms with Gasteiger partial charge in [-0.2, -0.15) is 0 Å². The van der Waals surface area contributed by atoms with Crippen LogP contribution in [-0.4, -0.2) is 44.4 Å². The number of halogens is 2. The first-order valence-electron chi connectivity index (χ1n) is 8.82. The number of benzene rings is 2. The van der Waals surface area contributed by atoms with Gasteiger partial charge in [0, 0.05) is 61.7 Å². The van der Waals surface area contributed by atoms with E-state index in [0.717, 1.165) is 12.1 Å². The molecule has 1 heterocycles. The number of nitrogens with zero attached hydrogens (tertiary/aromatic N) is 3. The van der Waals surface area contributed by atoms with Gasteiger partial charge in [-0.3, -0.25) is 15.0 Å². The van der Waals surface area contributed by atoms with Gasteiger partial charge in [0.25, 0.3) is 5.69 Å². The summed E-state index contributed by atoms with van der Waals surface area (Å²) in [4.78, 5) is 14.0. The van der Waals surface area contributed by atoms with Crippen LogP contribution >= 0.6 is 0 Å². The Morgan fingerprint density at radius 2 is 1.76 bits per heavy atom. The quantitative estimate of drug-likeness (QED) is 0.581. The average molecular weight is 426 g/mol. The molecule has 8 nitrogen and oxygen atoms in total. The first-order chi connectivity index (χ1) is 13.6. The summed E-state index contributed by atoms with van der Waals surface area (Å²) in [6, 6.07) is 6.72. The van der Waals surface area contributed by atoms with Crippen LogP contribution in [0.25, 0.3) is 0 Å². The summed E-state index contributed by atoms with van der Waals surface area (Å²) in [6.07, 6.45) is 0. The minimum absolute atomic E-state index is 0.289. The Morgan fingerprint density at radius 1 is 1.10 bits per heavy atom. The average Bonchev–Trinajstić information content (AvgIpc) is 2.66. The van der Waals surface area contributed by atoms with E-state index in [1.165, 1.54) is 24.3 Å². The molecule has 1 fully saturated rings. The Labute approximate surface area is 166 Å². The Hall–Kier alpha value is -2.63. The predicted octanol–water partition coefficient (Wildman–Crippen LogP) is 2.40. The molecule has 0 saturated carbocycles. The zero-order valence-corrected chi connectivity index (χ0v) is 16.4. The van der Waals surface area contributed by atoms with Crippen LogP contribution in [0.5, 0.6) is 0 Å². The summed E-state index contributed by atoms with van der Waals surface area (Å²) in [5.74, 6) is -1.25. The maximum atomic E-state index is 14.1. The second kappa shape index (κ2) is 8.01. The van der Waals surface area contributed by atoms with E-state index in [9.17, 15) is 27.3 Å². The number of primary sulfonamides is 1. The lowest BCUT2D eigenvalue weighted by Crippen LogP contribution is -2.47. The number of hydrogen-bond donors (Lipinski definition) is 1. The van der Waals surface area contributed by atoms with Crippen molar-refractivity contribution in [2.45, 2.75) is 17.9 Å². The van der Waals surface area contributed by atoms with Crippen LogP contribution in [0, 0.1) is 21.7 Å². The van der Waals surface area contributed by atoms with Crippen LogP contribution in [0.3, 0.4) is 0 Å². The third-order valence-corrected chi connectivity index (χ3v) is 5.95. The number of hydrogen-bond acceptors (Lipinski definition) is 6. The molecule has 0 aromatic heterocycles. The van der Waals surface area contributed by atoms with E-state index >= 15 is 0 Å². The normalized spacial score (nSPS) is 16.6. The summed E-state index contributed by atoms with van der Waals surface area (Å²) in [5, 5.41) is 16.3. The van der Waals surface area contributed by atoms with Crippen molar-refractivity contribution < 1.29 is 22.1 Å². The highest BCUT2D eigenvalue weighted by molar-refractivity contribution is 7.89. The second-order valence-corrected chi connectivity index (χ2v) is 8.41. The standard InChI is InChI=1S/C18H20F2N4O4S/c1-12(17-3-2-13(19)8-18(17)20)22-4-6-23(7-5-22)14-9-15(24(25)26)11-16(10-14)29(21,27)28/h2-3,8-12H,4-7H2,1H3,(H2,21,27,28). The Balaban J connectivity index is 1.78. The number of non-ortho nitro benzene ring substituents is 1. The molecule has 11 heteroatoms. The number of nitro benzene ring substituents is 1. The van der Waals surface area contributed by atoms with Crippen LogP contribution in [0.1, 0.15) is 18.5 Å². The topological polar surface area (TPSA) is 110 Å². The molecule has 1 saturated heterocycles. The summed E-state index contributed by atoms with van der Waals surface area (Å²) in [7, 11) is -4.10. The van der Waals surface area contributed by atoms with Gasteiger partial charge in [-0.15, -0.1) is 0 Å². The molecule has 1 aliphatic rings. The van der Waals surface area contributed by atoms with E-state index in [1.54, 1.807) is 0 Å². The first-order valence-corrected chi connectivity index (χ1v) is 10.4. The molecule has 2 aromatic rings. The molecule has 0 bridgehead atoms. The van der Waals surface area contributed by atoms with Crippen LogP contribution in [-0.2, 0) is 10.0 Å². The molecule has 2 N–H and O–H groups in total. The van der Waals surface area contributed by atoms with E-state index in [2.05, 4.69) is 0 Å². The second-order valence-electron chi connectivity index (χ2n) is 6.85. The molecule has 29 heavy (non-hydrogen) atoms. The fraction of sp³-hybridized carbons (Fsp3) is 0.333. The molecular weight excluding hydrogens is 406 g/mol. The maximum absolute atomic E-state index is 14.1. The molecular formula is C18H20F2N4O4S. The third kappa shape index (κ3) is 4.69. The van der Waals surface area contributed by atoms with Crippen molar-refractivity contribution in [1.29, 1.82) is 0 Å². The molecule has 0 aliphatic carbocycles. The van der Waals surface area contributed by atoms with E-state index < -0.39 is 26.6 Å². The van der Waals surface area contributed by atoms with Crippen molar-refractivity contribution in [1.82, 2.24) is 4.90 Å². The first kappa shape index (κ1) is 21.1. The fourth-order valence-electron chi connectivity index (χ4n) is 3.42. The number of piperazine rings is 1. The summed E-state index contributed by atoms with van der Waals surface area (Å²) >= 11 is 0. The highest BCUT2D eigenvalue weighted by Gasteiger charge is 2.26. The van der Waals surface area contributed by atoms with Gasteiger partial charge in [0.05, 0.1) is 9.82 Å². The molecule has 1 atom stereocenters. The largest absolute Gasteiger partial charge is 0.369 e. The van der Waals surface area contributed by atoms with Crippen molar-refractivity contribution in [3.8, 4) is 0 Å². The van der Waals surface area contributed by atoms with Crippen LogP contribution in [0.2, 0.25) is 0 Å². The maximum Gasteiger partial charge on any atom is 0.272 e. The monoisotopic (exact) mass is 426 g/mol. The minimum atomic E-state index is -4.10.